The monoisotopic (exact) mass is 197 g/mol. The molecule has 0 aromatic carbocycles. The molecular weight excluding hydrogens is 186 g/mol. The summed E-state index contributed by atoms with van der Waals surface area (Å²) >= 11 is 5.89. The fourth-order valence-electron chi connectivity index (χ4n) is 1.28. The molecule has 2 rings (SSSR count). The Kier molecular flexibility index (Phi) is 2.40. The minimum atomic E-state index is 0.362. The number of aryl methyl sites for hydroxylation is 1. The van der Waals surface area contributed by atoms with E-state index >= 15 is 0 Å². The quantitative estimate of drug-likeness (QED) is 0.681. The minimum Gasteiger partial charge on any atom is -0.487 e. The van der Waals surface area contributed by atoms with Gasteiger partial charge < -0.3 is 4.74 Å². The second-order valence-electron chi connectivity index (χ2n) is 3.47. The maximum atomic E-state index is 5.89. The van der Waals surface area contributed by atoms with Crippen molar-refractivity contribution in [1.82, 2.24) is 4.98 Å². The smallest absolute Gasteiger partial charge is 0.171 e. The first-order valence-corrected chi connectivity index (χ1v) is 4.92. The van der Waals surface area contributed by atoms with E-state index in [1.807, 2.05) is 13.0 Å². The van der Waals surface area contributed by atoms with Gasteiger partial charge in [-0.05, 0) is 37.8 Å². The van der Waals surface area contributed by atoms with Gasteiger partial charge in [-0.3, -0.25) is 0 Å². The molecule has 13 heavy (non-hydrogen) atoms. The summed E-state index contributed by atoms with van der Waals surface area (Å²) in [7, 11) is 0. The van der Waals surface area contributed by atoms with Crippen LogP contribution in [0.5, 0.6) is 5.75 Å². The zero-order valence-corrected chi connectivity index (χ0v) is 8.34. The van der Waals surface area contributed by atoms with Crippen molar-refractivity contribution in [2.45, 2.75) is 32.3 Å². The van der Waals surface area contributed by atoms with Crippen molar-refractivity contribution >= 4 is 11.6 Å². The molecule has 0 aliphatic heterocycles. The molecule has 1 aliphatic carbocycles. The van der Waals surface area contributed by atoms with Gasteiger partial charge in [-0.25, -0.2) is 4.98 Å². The predicted octanol–water partition coefficient (Wildman–Crippen LogP) is 2.97. The van der Waals surface area contributed by atoms with Crippen LogP contribution >= 0.6 is 11.6 Å². The van der Waals surface area contributed by atoms with Crippen LogP contribution in [0.15, 0.2) is 12.3 Å². The van der Waals surface area contributed by atoms with Gasteiger partial charge in [0.1, 0.15) is 0 Å². The van der Waals surface area contributed by atoms with Crippen LogP contribution in [-0.2, 0) is 0 Å². The van der Waals surface area contributed by atoms with E-state index in [1.165, 1.54) is 6.42 Å². The SMILES string of the molecule is Cc1cnc(Cl)c(OC2CCC2)c1. The molecule has 0 N–H and O–H groups in total. The van der Waals surface area contributed by atoms with Gasteiger partial charge in [0.15, 0.2) is 10.9 Å². The molecule has 1 heterocycles. The van der Waals surface area contributed by atoms with Crippen molar-refractivity contribution in [2.24, 2.45) is 0 Å². The third-order valence-corrected chi connectivity index (χ3v) is 2.57. The number of halogens is 1. The van der Waals surface area contributed by atoms with E-state index in [1.54, 1.807) is 6.20 Å². The van der Waals surface area contributed by atoms with Crippen LogP contribution < -0.4 is 4.74 Å². The van der Waals surface area contributed by atoms with Crippen molar-refractivity contribution in [2.75, 3.05) is 0 Å². The lowest BCUT2D eigenvalue weighted by atomic mass is 9.96. The molecular formula is C10H12ClNO. The average molecular weight is 198 g/mol. The number of hydrogen-bond donors (Lipinski definition) is 0. The number of rotatable bonds is 2. The average Bonchev–Trinajstić information content (AvgIpc) is 2.03. The summed E-state index contributed by atoms with van der Waals surface area (Å²) in [5.41, 5.74) is 1.08. The molecule has 1 aromatic heterocycles. The number of nitrogens with zero attached hydrogens (tertiary/aromatic N) is 1. The van der Waals surface area contributed by atoms with Gasteiger partial charge in [0, 0.05) is 6.20 Å². The molecule has 0 saturated heterocycles. The van der Waals surface area contributed by atoms with E-state index in [9.17, 15) is 0 Å². The lowest BCUT2D eigenvalue weighted by Crippen LogP contribution is -2.24. The molecule has 0 atom stereocenters. The normalized spacial score (nSPS) is 16.8. The highest BCUT2D eigenvalue weighted by molar-refractivity contribution is 6.30. The summed E-state index contributed by atoms with van der Waals surface area (Å²) in [6.07, 6.45) is 5.66. The predicted molar refractivity (Wildman–Crippen MR) is 52.3 cm³/mol. The van der Waals surface area contributed by atoms with Gasteiger partial charge in [-0.1, -0.05) is 11.6 Å². The van der Waals surface area contributed by atoms with Gasteiger partial charge >= 0.3 is 0 Å². The van der Waals surface area contributed by atoms with Crippen molar-refractivity contribution < 1.29 is 4.74 Å². The fraction of sp³-hybridized carbons (Fsp3) is 0.500. The van der Waals surface area contributed by atoms with Crippen LogP contribution in [0, 0.1) is 6.92 Å². The first-order chi connectivity index (χ1) is 6.25. The van der Waals surface area contributed by atoms with Gasteiger partial charge in [0.05, 0.1) is 6.10 Å². The molecule has 0 unspecified atom stereocenters. The van der Waals surface area contributed by atoms with Crippen molar-refractivity contribution in [1.29, 1.82) is 0 Å². The van der Waals surface area contributed by atoms with E-state index in [-0.39, 0.29) is 0 Å². The summed E-state index contributed by atoms with van der Waals surface area (Å²) in [5.74, 6) is 0.728. The fourth-order valence-corrected chi connectivity index (χ4v) is 1.42. The molecule has 0 spiro atoms. The maximum Gasteiger partial charge on any atom is 0.171 e. The van der Waals surface area contributed by atoms with Crippen LogP contribution in [-0.4, -0.2) is 11.1 Å². The van der Waals surface area contributed by atoms with E-state index in [2.05, 4.69) is 4.98 Å². The van der Waals surface area contributed by atoms with E-state index in [0.717, 1.165) is 24.2 Å². The number of aromatic nitrogens is 1. The Morgan fingerprint density at radius 3 is 2.92 bits per heavy atom. The first-order valence-electron chi connectivity index (χ1n) is 4.54. The molecule has 70 valence electrons. The summed E-state index contributed by atoms with van der Waals surface area (Å²) < 4.78 is 5.67. The summed E-state index contributed by atoms with van der Waals surface area (Å²) in [4.78, 5) is 4.03. The van der Waals surface area contributed by atoms with E-state index < -0.39 is 0 Å². The van der Waals surface area contributed by atoms with Gasteiger partial charge in [0.25, 0.3) is 0 Å². The lowest BCUT2D eigenvalue weighted by molar-refractivity contribution is 0.120. The van der Waals surface area contributed by atoms with Gasteiger partial charge in [-0.2, -0.15) is 0 Å². The summed E-state index contributed by atoms with van der Waals surface area (Å²) in [6.45, 7) is 1.98. The van der Waals surface area contributed by atoms with Crippen LogP contribution in [0.3, 0.4) is 0 Å². The van der Waals surface area contributed by atoms with Crippen molar-refractivity contribution in [3.05, 3.63) is 23.0 Å². The Morgan fingerprint density at radius 1 is 1.54 bits per heavy atom. The maximum absolute atomic E-state index is 5.89. The molecule has 0 amide bonds. The van der Waals surface area contributed by atoms with E-state index in [0.29, 0.717) is 11.3 Å². The zero-order chi connectivity index (χ0) is 9.26. The van der Waals surface area contributed by atoms with Crippen LogP contribution in [0.2, 0.25) is 5.15 Å². The van der Waals surface area contributed by atoms with Crippen LogP contribution in [0.4, 0.5) is 0 Å². The van der Waals surface area contributed by atoms with Crippen LogP contribution in [0.25, 0.3) is 0 Å². The topological polar surface area (TPSA) is 22.1 Å². The Balaban J connectivity index is 2.13. The second-order valence-corrected chi connectivity index (χ2v) is 3.83. The minimum absolute atomic E-state index is 0.362. The molecule has 2 nitrogen and oxygen atoms in total. The number of hydrogen-bond acceptors (Lipinski definition) is 2. The van der Waals surface area contributed by atoms with Crippen molar-refractivity contribution in [3.8, 4) is 5.75 Å². The van der Waals surface area contributed by atoms with E-state index in [4.69, 9.17) is 16.3 Å². The highest BCUT2D eigenvalue weighted by atomic mass is 35.5. The first kappa shape index (κ1) is 8.82. The van der Waals surface area contributed by atoms with Gasteiger partial charge in [-0.15, -0.1) is 0 Å². The molecule has 1 fully saturated rings. The highest BCUT2D eigenvalue weighted by Crippen LogP contribution is 2.29. The molecule has 3 heteroatoms. The molecule has 0 bridgehead atoms. The summed E-state index contributed by atoms with van der Waals surface area (Å²) in [5, 5.41) is 0.470. The largest absolute Gasteiger partial charge is 0.487 e. The zero-order valence-electron chi connectivity index (χ0n) is 7.59. The standard InChI is InChI=1S/C10H12ClNO/c1-7-5-9(10(11)12-6-7)13-8-3-2-4-8/h5-6,8H,2-4H2,1H3. The molecule has 1 aliphatic rings. The lowest BCUT2D eigenvalue weighted by Gasteiger charge is -2.26. The third kappa shape index (κ3) is 1.94. The van der Waals surface area contributed by atoms with Crippen molar-refractivity contribution in [3.63, 3.8) is 0 Å². The highest BCUT2D eigenvalue weighted by Gasteiger charge is 2.20. The molecule has 0 radical (unpaired) electrons. The van der Waals surface area contributed by atoms with Gasteiger partial charge in [0.2, 0.25) is 0 Å². The summed E-state index contributed by atoms with van der Waals surface area (Å²) in [6, 6.07) is 1.94. The Morgan fingerprint density at radius 2 is 2.31 bits per heavy atom. The van der Waals surface area contributed by atoms with Crippen LogP contribution in [0.1, 0.15) is 24.8 Å². The Bertz CT molecular complexity index is 310. The number of ether oxygens (including phenoxy) is 1. The Hall–Kier alpha value is -0.760. The molecule has 1 saturated carbocycles. The molecule has 1 aromatic rings. The third-order valence-electron chi connectivity index (χ3n) is 2.29. The second kappa shape index (κ2) is 3.54. The number of pyridine rings is 1. The Labute approximate surface area is 82.9 Å².